The molecule has 1 saturated carbocycles. The number of esters is 1. The molecule has 4 atom stereocenters. The number of carbonyl (C=O) groups is 4. The maximum Gasteiger partial charge on any atom is 0.317 e. The van der Waals surface area contributed by atoms with Gasteiger partial charge in [0.1, 0.15) is 11.8 Å². The number of amides is 1. The molecule has 0 radical (unpaired) electrons. The topological polar surface area (TPSA) is 80.8 Å². The Bertz CT molecular complexity index is 956. The number of benzene rings is 2. The summed E-state index contributed by atoms with van der Waals surface area (Å²) in [6.45, 7) is 0.276. The second kappa shape index (κ2) is 7.62. The maximum absolute atomic E-state index is 13.3. The van der Waals surface area contributed by atoms with Gasteiger partial charge in [-0.25, -0.2) is 0 Å². The molecule has 4 rings (SSSR count). The van der Waals surface area contributed by atoms with Gasteiger partial charge in [0, 0.05) is 6.54 Å². The molecule has 1 aliphatic carbocycles. The largest absolute Gasteiger partial charge is 0.468 e. The first-order chi connectivity index (χ1) is 14.0. The molecule has 1 amide bonds. The van der Waals surface area contributed by atoms with Crippen LogP contribution in [0.4, 0.5) is 0 Å². The van der Waals surface area contributed by atoms with E-state index in [1.165, 1.54) is 0 Å². The first kappa shape index (κ1) is 19.1. The smallest absolute Gasteiger partial charge is 0.317 e. The van der Waals surface area contributed by atoms with Crippen molar-refractivity contribution < 1.29 is 23.9 Å². The molecular formula is C23H21NO5. The van der Waals surface area contributed by atoms with Crippen molar-refractivity contribution in [1.82, 2.24) is 4.90 Å². The average molecular weight is 391 g/mol. The van der Waals surface area contributed by atoms with E-state index in [4.69, 9.17) is 4.74 Å². The monoisotopic (exact) mass is 391 g/mol. The van der Waals surface area contributed by atoms with Crippen molar-refractivity contribution >= 4 is 23.4 Å². The van der Waals surface area contributed by atoms with Gasteiger partial charge < -0.3 is 9.64 Å². The van der Waals surface area contributed by atoms with Crippen LogP contribution >= 0.6 is 0 Å². The molecule has 0 aromatic heterocycles. The molecular weight excluding hydrogens is 370 g/mol. The maximum atomic E-state index is 13.3. The molecule has 2 aliphatic rings. The van der Waals surface area contributed by atoms with Gasteiger partial charge in [-0.1, -0.05) is 60.7 Å². The molecule has 1 saturated heterocycles. The highest BCUT2D eigenvalue weighted by atomic mass is 16.5. The molecule has 2 aromatic rings. The van der Waals surface area contributed by atoms with E-state index in [0.717, 1.165) is 18.2 Å². The molecule has 0 spiro atoms. The Labute approximate surface area is 168 Å². The summed E-state index contributed by atoms with van der Waals surface area (Å²) >= 11 is 0. The number of fused-ring (bicyclic) bond motifs is 2. The molecule has 2 fully saturated rings. The lowest BCUT2D eigenvalue weighted by molar-refractivity contribution is -0.157. The van der Waals surface area contributed by atoms with Crippen LogP contribution in [-0.2, 0) is 36.9 Å². The molecule has 6 heteroatoms. The van der Waals surface area contributed by atoms with E-state index in [-0.39, 0.29) is 6.54 Å². The van der Waals surface area contributed by atoms with Gasteiger partial charge >= 0.3 is 5.97 Å². The van der Waals surface area contributed by atoms with Crippen molar-refractivity contribution in [2.45, 2.75) is 19.0 Å². The zero-order chi connectivity index (χ0) is 20.5. The number of rotatable bonds is 5. The number of ketones is 2. The van der Waals surface area contributed by atoms with Gasteiger partial charge in [-0.2, -0.15) is 0 Å². The fraction of sp³-hybridized carbons (Fsp3) is 0.304. The summed E-state index contributed by atoms with van der Waals surface area (Å²) in [6, 6.07) is 18.2. The highest BCUT2D eigenvalue weighted by Gasteiger charge is 2.64. The number of likely N-dealkylation sites (tertiary alicyclic amines) is 1. The fourth-order valence-electron chi connectivity index (χ4n) is 4.46. The van der Waals surface area contributed by atoms with Crippen molar-refractivity contribution in [3.63, 3.8) is 0 Å². The van der Waals surface area contributed by atoms with Crippen molar-refractivity contribution in [3.05, 3.63) is 71.8 Å². The zero-order valence-corrected chi connectivity index (χ0v) is 16.0. The molecule has 29 heavy (non-hydrogen) atoms. The SMILES string of the molecule is COC(=O)[C@@H]1C(=O)[C@H]2C(=O)[C@H]1C(=O)N(Cc1ccccc1)[C@@H]2Cc1ccccc1. The number of piperidine rings is 1. The predicted octanol–water partition coefficient (Wildman–Crippen LogP) is 1.81. The highest BCUT2D eigenvalue weighted by Crippen LogP contribution is 2.42. The third kappa shape index (κ3) is 3.24. The summed E-state index contributed by atoms with van der Waals surface area (Å²) in [7, 11) is 1.16. The third-order valence-electron chi connectivity index (χ3n) is 5.83. The van der Waals surface area contributed by atoms with Crippen LogP contribution in [0.1, 0.15) is 11.1 Å². The lowest BCUT2D eigenvalue weighted by Crippen LogP contribution is -2.55. The van der Waals surface area contributed by atoms with Gasteiger partial charge in [0.2, 0.25) is 5.91 Å². The number of hydrogen-bond acceptors (Lipinski definition) is 5. The Morgan fingerprint density at radius 1 is 0.862 bits per heavy atom. The van der Waals surface area contributed by atoms with Crippen LogP contribution in [0, 0.1) is 17.8 Å². The number of Topliss-reactive ketones (excluding diaryl/α,β-unsaturated/α-hetero) is 2. The number of nitrogens with zero attached hydrogens (tertiary/aromatic N) is 1. The van der Waals surface area contributed by atoms with E-state index in [2.05, 4.69) is 0 Å². The molecule has 1 heterocycles. The Kier molecular flexibility index (Phi) is 5.01. The molecule has 0 unspecified atom stereocenters. The Morgan fingerprint density at radius 2 is 1.45 bits per heavy atom. The van der Waals surface area contributed by atoms with Crippen LogP contribution in [-0.4, -0.2) is 41.5 Å². The minimum Gasteiger partial charge on any atom is -0.468 e. The van der Waals surface area contributed by atoms with Crippen LogP contribution in [0.15, 0.2) is 60.7 Å². The van der Waals surface area contributed by atoms with Crippen LogP contribution in [0.5, 0.6) is 0 Å². The summed E-state index contributed by atoms with van der Waals surface area (Å²) in [5.74, 6) is -5.88. The highest BCUT2D eigenvalue weighted by molar-refractivity contribution is 6.27. The normalized spacial score (nSPS) is 26.0. The Hall–Kier alpha value is -3.28. The van der Waals surface area contributed by atoms with Crippen molar-refractivity contribution in [3.8, 4) is 0 Å². The summed E-state index contributed by atoms with van der Waals surface area (Å²) < 4.78 is 4.73. The number of hydrogen-bond donors (Lipinski definition) is 0. The lowest BCUT2D eigenvalue weighted by atomic mass is 9.84. The van der Waals surface area contributed by atoms with Gasteiger partial charge in [0.15, 0.2) is 11.6 Å². The molecule has 6 nitrogen and oxygen atoms in total. The van der Waals surface area contributed by atoms with Crippen LogP contribution in [0.2, 0.25) is 0 Å². The van der Waals surface area contributed by atoms with E-state index in [1.807, 2.05) is 60.7 Å². The Balaban J connectivity index is 1.75. The van der Waals surface area contributed by atoms with Gasteiger partial charge in [-0.15, -0.1) is 0 Å². The van der Waals surface area contributed by atoms with Crippen molar-refractivity contribution in [2.75, 3.05) is 7.11 Å². The van der Waals surface area contributed by atoms with Gasteiger partial charge in [-0.05, 0) is 17.5 Å². The second-order valence-corrected chi connectivity index (χ2v) is 7.47. The van der Waals surface area contributed by atoms with Gasteiger partial charge in [-0.3, -0.25) is 19.2 Å². The molecule has 2 aromatic carbocycles. The average Bonchev–Trinajstić information content (AvgIpc) is 2.96. The van der Waals surface area contributed by atoms with E-state index in [1.54, 1.807) is 4.90 Å². The summed E-state index contributed by atoms with van der Waals surface area (Å²) in [6.07, 6.45) is 0.363. The summed E-state index contributed by atoms with van der Waals surface area (Å²) in [5.41, 5.74) is 1.82. The molecule has 0 N–H and O–H groups in total. The van der Waals surface area contributed by atoms with E-state index >= 15 is 0 Å². The predicted molar refractivity (Wildman–Crippen MR) is 103 cm³/mol. The van der Waals surface area contributed by atoms with Crippen LogP contribution in [0.25, 0.3) is 0 Å². The first-order valence-electron chi connectivity index (χ1n) is 9.56. The molecule has 2 bridgehead atoms. The van der Waals surface area contributed by atoms with Crippen molar-refractivity contribution in [2.24, 2.45) is 17.8 Å². The minimum absolute atomic E-state index is 0.276. The zero-order valence-electron chi connectivity index (χ0n) is 16.0. The minimum atomic E-state index is -1.34. The van der Waals surface area contributed by atoms with E-state index < -0.39 is 47.2 Å². The van der Waals surface area contributed by atoms with E-state index in [9.17, 15) is 19.2 Å². The number of methoxy groups -OCH3 is 1. The second-order valence-electron chi connectivity index (χ2n) is 7.47. The standard InChI is InChI=1S/C23H21NO5/c1-29-23(28)19-18-20(25)17(21(19)26)16(12-14-8-4-2-5-9-14)24(22(18)27)13-15-10-6-3-7-11-15/h2-11,16-19H,12-13H2,1H3/t16-,17-,18+,19+/m1/s1. The number of carbonyl (C=O) groups excluding carboxylic acids is 4. The quantitative estimate of drug-likeness (QED) is 0.574. The fourth-order valence-corrected chi connectivity index (χ4v) is 4.46. The lowest BCUT2D eigenvalue weighted by Gasteiger charge is -2.38. The molecule has 148 valence electrons. The Morgan fingerprint density at radius 3 is 2.03 bits per heavy atom. The summed E-state index contributed by atoms with van der Waals surface area (Å²) in [4.78, 5) is 53.1. The van der Waals surface area contributed by atoms with Crippen LogP contribution < -0.4 is 0 Å². The van der Waals surface area contributed by atoms with Gasteiger partial charge in [0.25, 0.3) is 0 Å². The molecule has 1 aliphatic heterocycles. The summed E-state index contributed by atoms with van der Waals surface area (Å²) in [5, 5.41) is 0. The van der Waals surface area contributed by atoms with Crippen LogP contribution in [0.3, 0.4) is 0 Å². The first-order valence-corrected chi connectivity index (χ1v) is 9.56. The van der Waals surface area contributed by atoms with Crippen molar-refractivity contribution in [1.29, 1.82) is 0 Å². The van der Waals surface area contributed by atoms with Gasteiger partial charge in [0.05, 0.1) is 19.1 Å². The van der Waals surface area contributed by atoms with E-state index in [0.29, 0.717) is 6.42 Å². The third-order valence-corrected chi connectivity index (χ3v) is 5.83. The number of ether oxygens (including phenoxy) is 1.